The molecule has 0 aromatic carbocycles. The third kappa shape index (κ3) is 5.02. The van der Waals surface area contributed by atoms with Gasteiger partial charge in [0.2, 0.25) is 0 Å². The van der Waals surface area contributed by atoms with Crippen LogP contribution in [0.25, 0.3) is 0 Å². The number of hydrogen-bond acceptors (Lipinski definition) is 3. The minimum absolute atomic E-state index is 0.202. The van der Waals surface area contributed by atoms with Crippen molar-refractivity contribution in [3.63, 3.8) is 0 Å². The molecule has 0 aliphatic rings. The lowest BCUT2D eigenvalue weighted by Crippen LogP contribution is -2.36. The van der Waals surface area contributed by atoms with Crippen LogP contribution in [-0.4, -0.2) is 29.2 Å². The number of rotatable bonds is 4. The first-order valence-corrected chi connectivity index (χ1v) is 7.20. The van der Waals surface area contributed by atoms with Crippen LogP contribution in [0, 0.1) is 6.92 Å². The van der Waals surface area contributed by atoms with Crippen molar-refractivity contribution in [3.05, 3.63) is 16.5 Å². The van der Waals surface area contributed by atoms with Crippen molar-refractivity contribution < 1.29 is 13.2 Å². The van der Waals surface area contributed by atoms with Crippen LogP contribution in [-0.2, 0) is 5.41 Å². The van der Waals surface area contributed by atoms with Crippen LogP contribution in [0.4, 0.5) is 19.0 Å². The molecule has 0 saturated carbocycles. The van der Waals surface area contributed by atoms with Crippen molar-refractivity contribution in [2.24, 2.45) is 0 Å². The van der Waals surface area contributed by atoms with Crippen LogP contribution in [0.3, 0.4) is 0 Å². The Balaban J connectivity index is 3.33. The number of alkyl halides is 3. The van der Waals surface area contributed by atoms with E-state index in [2.05, 4.69) is 9.97 Å². The molecule has 1 aromatic heterocycles. The Morgan fingerprint density at radius 1 is 1.14 bits per heavy atom. The molecule has 0 atom stereocenters. The number of aromatic nitrogens is 2. The van der Waals surface area contributed by atoms with Gasteiger partial charge in [-0.25, -0.2) is 9.97 Å². The molecule has 3 nitrogen and oxygen atoms in total. The van der Waals surface area contributed by atoms with E-state index < -0.39 is 12.7 Å². The van der Waals surface area contributed by atoms with E-state index in [0.29, 0.717) is 17.8 Å². The predicted octanol–water partition coefficient (Wildman–Crippen LogP) is 4.51. The van der Waals surface area contributed by atoms with E-state index in [1.807, 2.05) is 27.7 Å². The predicted molar refractivity (Wildman–Crippen MR) is 79.0 cm³/mol. The van der Waals surface area contributed by atoms with Gasteiger partial charge in [-0.3, -0.25) is 0 Å². The molecule has 1 heterocycles. The maximum absolute atomic E-state index is 12.8. The van der Waals surface area contributed by atoms with Crippen molar-refractivity contribution in [2.75, 3.05) is 18.0 Å². The Bertz CT molecular complexity index is 495. The van der Waals surface area contributed by atoms with Crippen LogP contribution < -0.4 is 4.90 Å². The molecule has 0 radical (unpaired) electrons. The second kappa shape index (κ2) is 6.38. The zero-order chi connectivity index (χ0) is 16.4. The summed E-state index contributed by atoms with van der Waals surface area (Å²) in [5.41, 5.74) is 0.0877. The van der Waals surface area contributed by atoms with Crippen molar-refractivity contribution in [2.45, 2.75) is 52.6 Å². The second-order valence-corrected chi connectivity index (χ2v) is 6.43. The third-order valence-electron chi connectivity index (χ3n) is 2.89. The molecule has 0 fully saturated rings. The molecule has 0 aliphatic heterocycles. The summed E-state index contributed by atoms with van der Waals surface area (Å²) in [5.74, 6) is 0.704. The number of hydrogen-bond donors (Lipinski definition) is 0. The summed E-state index contributed by atoms with van der Waals surface area (Å²) in [6, 6.07) is 0. The van der Waals surface area contributed by atoms with E-state index in [4.69, 9.17) is 11.6 Å². The topological polar surface area (TPSA) is 29.0 Å². The lowest BCUT2D eigenvalue weighted by molar-refractivity contribution is -0.119. The maximum atomic E-state index is 12.8. The van der Waals surface area contributed by atoms with Crippen molar-refractivity contribution in [1.29, 1.82) is 0 Å². The standard InChI is InChI=1S/C14H21ClF3N3/c1-6-7-21(8-14(16,17)18)11-9(2)10(15)19-12(20-11)13(3,4)5/h6-8H2,1-5H3. The average molecular weight is 324 g/mol. The fourth-order valence-electron chi connectivity index (χ4n) is 1.87. The first-order valence-electron chi connectivity index (χ1n) is 6.82. The van der Waals surface area contributed by atoms with Crippen LogP contribution in [0.1, 0.15) is 45.5 Å². The SMILES string of the molecule is CCCN(CC(F)(F)F)c1nc(C(C)(C)C)nc(Cl)c1C. The minimum atomic E-state index is -4.29. The normalized spacial score (nSPS) is 12.6. The molecule has 0 amide bonds. The van der Waals surface area contributed by atoms with Gasteiger partial charge in [-0.2, -0.15) is 13.2 Å². The summed E-state index contributed by atoms with van der Waals surface area (Å²) in [4.78, 5) is 9.75. The average Bonchev–Trinajstić information content (AvgIpc) is 2.28. The Hall–Kier alpha value is -1.04. The first kappa shape index (κ1) is 18.0. The Morgan fingerprint density at radius 3 is 2.14 bits per heavy atom. The van der Waals surface area contributed by atoms with Crippen LogP contribution in [0.5, 0.6) is 0 Å². The van der Waals surface area contributed by atoms with E-state index in [-0.39, 0.29) is 22.9 Å². The second-order valence-electron chi connectivity index (χ2n) is 6.07. The van der Waals surface area contributed by atoms with Gasteiger partial charge < -0.3 is 4.90 Å². The van der Waals surface area contributed by atoms with Gasteiger partial charge in [-0.05, 0) is 13.3 Å². The van der Waals surface area contributed by atoms with Gasteiger partial charge in [0.15, 0.2) is 0 Å². The molecular weight excluding hydrogens is 303 g/mol. The fourth-order valence-corrected chi connectivity index (χ4v) is 2.03. The van der Waals surface area contributed by atoms with Gasteiger partial charge in [-0.15, -0.1) is 0 Å². The van der Waals surface area contributed by atoms with E-state index in [1.165, 1.54) is 4.90 Å². The third-order valence-corrected chi connectivity index (χ3v) is 3.26. The molecule has 0 unspecified atom stereocenters. The van der Waals surface area contributed by atoms with E-state index in [0.717, 1.165) is 0 Å². The zero-order valence-electron chi connectivity index (χ0n) is 13.0. The van der Waals surface area contributed by atoms with Crippen molar-refractivity contribution in [3.8, 4) is 0 Å². The minimum Gasteiger partial charge on any atom is -0.347 e. The lowest BCUT2D eigenvalue weighted by atomic mass is 9.95. The lowest BCUT2D eigenvalue weighted by Gasteiger charge is -2.28. The largest absolute Gasteiger partial charge is 0.405 e. The molecule has 0 saturated heterocycles. The van der Waals surface area contributed by atoms with Gasteiger partial charge in [0.05, 0.1) is 0 Å². The van der Waals surface area contributed by atoms with E-state index in [1.54, 1.807) is 6.92 Å². The van der Waals surface area contributed by atoms with Crippen LogP contribution in [0.15, 0.2) is 0 Å². The maximum Gasteiger partial charge on any atom is 0.405 e. The highest BCUT2D eigenvalue weighted by molar-refractivity contribution is 6.30. The molecule has 1 rings (SSSR count). The van der Waals surface area contributed by atoms with Gasteiger partial charge >= 0.3 is 6.18 Å². The molecule has 1 aromatic rings. The van der Waals surface area contributed by atoms with Gasteiger partial charge in [0.25, 0.3) is 0 Å². The molecule has 0 bridgehead atoms. The molecule has 0 spiro atoms. The quantitative estimate of drug-likeness (QED) is 0.763. The summed E-state index contributed by atoms with van der Waals surface area (Å²) in [5, 5.41) is 0.202. The van der Waals surface area contributed by atoms with Gasteiger partial charge in [0, 0.05) is 17.5 Å². The van der Waals surface area contributed by atoms with E-state index >= 15 is 0 Å². The summed E-state index contributed by atoms with van der Waals surface area (Å²) >= 11 is 6.08. The van der Waals surface area contributed by atoms with Crippen LogP contribution in [0.2, 0.25) is 5.15 Å². The highest BCUT2D eigenvalue weighted by Gasteiger charge is 2.32. The highest BCUT2D eigenvalue weighted by Crippen LogP contribution is 2.30. The summed E-state index contributed by atoms with van der Waals surface area (Å²) in [6.45, 7) is 8.37. The summed E-state index contributed by atoms with van der Waals surface area (Å²) in [7, 11) is 0. The Labute approximate surface area is 128 Å². The number of nitrogens with zero attached hydrogens (tertiary/aromatic N) is 3. The monoisotopic (exact) mass is 323 g/mol. The summed E-state index contributed by atoms with van der Waals surface area (Å²) in [6.07, 6.45) is -3.71. The number of anilines is 1. The van der Waals surface area contributed by atoms with Crippen molar-refractivity contribution in [1.82, 2.24) is 9.97 Å². The van der Waals surface area contributed by atoms with E-state index in [9.17, 15) is 13.2 Å². The molecule has 120 valence electrons. The van der Waals surface area contributed by atoms with Gasteiger partial charge in [0.1, 0.15) is 23.3 Å². The Morgan fingerprint density at radius 2 is 1.71 bits per heavy atom. The Kier molecular flexibility index (Phi) is 5.47. The fraction of sp³-hybridized carbons (Fsp3) is 0.714. The molecule has 0 N–H and O–H groups in total. The molecule has 0 aliphatic carbocycles. The smallest absolute Gasteiger partial charge is 0.347 e. The molecule has 21 heavy (non-hydrogen) atoms. The molecule has 7 heteroatoms. The summed E-state index contributed by atoms with van der Waals surface area (Å²) < 4.78 is 38.3. The van der Waals surface area contributed by atoms with Gasteiger partial charge in [-0.1, -0.05) is 39.3 Å². The van der Waals surface area contributed by atoms with Crippen molar-refractivity contribution >= 4 is 17.4 Å². The van der Waals surface area contributed by atoms with Crippen LogP contribution >= 0.6 is 11.6 Å². The first-order chi connectivity index (χ1) is 9.45. The zero-order valence-corrected chi connectivity index (χ0v) is 13.7. The highest BCUT2D eigenvalue weighted by atomic mass is 35.5. The number of halogens is 4. The molecular formula is C14H21ClF3N3.